The molecule has 0 bridgehead atoms. The van der Waals surface area contributed by atoms with Crippen LogP contribution >= 0.6 is 0 Å². The van der Waals surface area contributed by atoms with Crippen molar-refractivity contribution < 1.29 is 20.1 Å². The first-order valence-corrected chi connectivity index (χ1v) is 12.7. The topological polar surface area (TPSA) is 69.9 Å². The second kappa shape index (κ2) is 10.8. The van der Waals surface area contributed by atoms with Gasteiger partial charge in [0.1, 0.15) is 0 Å². The summed E-state index contributed by atoms with van der Waals surface area (Å²) in [5.74, 6) is 0.503. The minimum atomic E-state index is -0.637. The third-order valence-electron chi connectivity index (χ3n) is 8.48. The van der Waals surface area contributed by atoms with Gasteiger partial charge in [0.25, 0.3) is 0 Å². The van der Waals surface area contributed by atoms with Crippen molar-refractivity contribution in [3.63, 3.8) is 0 Å². The molecule has 0 aliphatic heterocycles. The van der Waals surface area contributed by atoms with E-state index in [1.54, 1.807) is 0 Å². The second-order valence-corrected chi connectivity index (χ2v) is 10.4. The first-order chi connectivity index (χ1) is 15.2. The Kier molecular flexibility index (Phi) is 8.59. The Labute approximate surface area is 194 Å². The maximum atomic E-state index is 10.4. The number of rotatable bonds is 9. The summed E-state index contributed by atoms with van der Waals surface area (Å²) < 4.78 is 6.07. The molecular weight excluding hydrogens is 400 g/mol. The summed E-state index contributed by atoms with van der Waals surface area (Å²) in [5, 5.41) is 30.6. The monoisotopic (exact) mass is 444 g/mol. The third kappa shape index (κ3) is 5.64. The fraction of sp³-hybridized carbons (Fsp3) is 0.714. The molecule has 4 heteroatoms. The SMILES string of the molecule is C=C1/C(=C\C=C2/CCC[C@]3(C)C(COCCCC(O)(CC)CC)=CC[C@@H]23)C[C@@H](O)C[C@@H]1O. The molecule has 0 aromatic carbocycles. The molecule has 3 N–H and O–H groups in total. The van der Waals surface area contributed by atoms with Crippen LogP contribution in [0.15, 0.2) is 47.1 Å². The Morgan fingerprint density at radius 2 is 2.00 bits per heavy atom. The fourth-order valence-corrected chi connectivity index (χ4v) is 5.88. The zero-order valence-electron chi connectivity index (χ0n) is 20.4. The Morgan fingerprint density at radius 1 is 1.25 bits per heavy atom. The minimum Gasteiger partial charge on any atom is -0.393 e. The Hall–Kier alpha value is -1.20. The van der Waals surface area contributed by atoms with E-state index >= 15 is 0 Å². The molecule has 0 heterocycles. The van der Waals surface area contributed by atoms with E-state index in [0.29, 0.717) is 32.0 Å². The molecule has 4 nitrogen and oxygen atoms in total. The molecular formula is C28H44O4. The van der Waals surface area contributed by atoms with Gasteiger partial charge in [-0.1, -0.05) is 51.2 Å². The normalized spacial score (nSPS) is 33.6. The van der Waals surface area contributed by atoms with Crippen LogP contribution in [0.1, 0.15) is 85.0 Å². The van der Waals surface area contributed by atoms with Gasteiger partial charge >= 0.3 is 0 Å². The average molecular weight is 445 g/mol. The van der Waals surface area contributed by atoms with Crippen LogP contribution in [0.3, 0.4) is 0 Å². The highest BCUT2D eigenvalue weighted by molar-refractivity contribution is 5.40. The Balaban J connectivity index is 1.58. The van der Waals surface area contributed by atoms with Gasteiger partial charge in [0, 0.05) is 13.0 Å². The van der Waals surface area contributed by atoms with Crippen LogP contribution in [0.25, 0.3) is 0 Å². The van der Waals surface area contributed by atoms with Gasteiger partial charge in [-0.2, -0.15) is 0 Å². The molecule has 4 atom stereocenters. The lowest BCUT2D eigenvalue weighted by Gasteiger charge is -2.41. The van der Waals surface area contributed by atoms with Crippen LogP contribution in [-0.4, -0.2) is 46.3 Å². The lowest BCUT2D eigenvalue weighted by Crippen LogP contribution is -2.32. The molecule has 3 aliphatic carbocycles. The standard InChI is InChI=1S/C28H44O4/c1-5-28(31,6-2)15-8-16-32-19-23-12-13-25-21(9-7-14-27(23,25)4)10-11-22-17-24(29)18-26(30)20(22)3/h10-12,24-26,29-31H,3,5-9,13-19H2,1-2,4H3/b21-10+,22-11-/t24-,25+,26+,27-/m1/s1. The lowest BCUT2D eigenvalue weighted by atomic mass is 9.64. The van der Waals surface area contributed by atoms with Gasteiger partial charge in [-0.3, -0.25) is 0 Å². The van der Waals surface area contributed by atoms with Crippen LogP contribution in [0.2, 0.25) is 0 Å². The molecule has 32 heavy (non-hydrogen) atoms. The smallest absolute Gasteiger partial charge is 0.0811 e. The molecule has 0 aromatic rings. The zero-order chi connectivity index (χ0) is 23.4. The van der Waals surface area contributed by atoms with E-state index in [2.05, 4.69) is 31.7 Å². The molecule has 0 amide bonds. The van der Waals surface area contributed by atoms with Crippen molar-refractivity contribution in [1.29, 1.82) is 0 Å². The zero-order valence-corrected chi connectivity index (χ0v) is 20.4. The van der Waals surface area contributed by atoms with E-state index in [1.165, 1.54) is 24.0 Å². The summed E-state index contributed by atoms with van der Waals surface area (Å²) in [6, 6.07) is 0. The van der Waals surface area contributed by atoms with Crippen LogP contribution < -0.4 is 0 Å². The summed E-state index contributed by atoms with van der Waals surface area (Å²) in [4.78, 5) is 0. The Morgan fingerprint density at radius 3 is 2.72 bits per heavy atom. The number of aliphatic hydroxyl groups excluding tert-OH is 2. The number of fused-ring (bicyclic) bond motifs is 1. The van der Waals surface area contributed by atoms with Gasteiger partial charge in [0.05, 0.1) is 24.4 Å². The molecule has 0 unspecified atom stereocenters. The summed E-state index contributed by atoms with van der Waals surface area (Å²) in [6.45, 7) is 11.9. The maximum absolute atomic E-state index is 10.4. The van der Waals surface area contributed by atoms with Gasteiger partial charge in [0.2, 0.25) is 0 Å². The van der Waals surface area contributed by atoms with Crippen LogP contribution in [0.4, 0.5) is 0 Å². The van der Waals surface area contributed by atoms with Crippen LogP contribution in [0, 0.1) is 11.3 Å². The highest BCUT2D eigenvalue weighted by Crippen LogP contribution is 2.54. The molecule has 3 rings (SSSR count). The Bertz CT molecular complexity index is 757. The third-order valence-corrected chi connectivity index (χ3v) is 8.48. The van der Waals surface area contributed by atoms with E-state index in [4.69, 9.17) is 4.74 Å². The molecule has 0 radical (unpaired) electrons. The van der Waals surface area contributed by atoms with Crippen molar-refractivity contribution >= 4 is 0 Å². The molecule has 180 valence electrons. The molecule has 2 saturated carbocycles. The van der Waals surface area contributed by atoms with E-state index < -0.39 is 17.8 Å². The summed E-state index contributed by atoms with van der Waals surface area (Å²) in [5.41, 5.74) is 4.23. The number of ether oxygens (including phenoxy) is 1. The first kappa shape index (κ1) is 25.4. The van der Waals surface area contributed by atoms with E-state index in [0.717, 1.165) is 49.7 Å². The van der Waals surface area contributed by atoms with E-state index in [9.17, 15) is 15.3 Å². The quantitative estimate of drug-likeness (QED) is 0.329. The fourth-order valence-electron chi connectivity index (χ4n) is 5.88. The van der Waals surface area contributed by atoms with Crippen LogP contribution in [-0.2, 0) is 4.74 Å². The predicted octanol–water partition coefficient (Wildman–Crippen LogP) is 5.40. The summed E-state index contributed by atoms with van der Waals surface area (Å²) in [6.07, 6.45) is 14.4. The number of allylic oxidation sites excluding steroid dienone is 4. The first-order valence-electron chi connectivity index (χ1n) is 12.7. The number of hydrogen-bond acceptors (Lipinski definition) is 4. The maximum Gasteiger partial charge on any atom is 0.0811 e. The van der Waals surface area contributed by atoms with Crippen molar-refractivity contribution in [2.45, 2.75) is 103 Å². The lowest BCUT2D eigenvalue weighted by molar-refractivity contribution is 0.0127. The molecule has 0 saturated heterocycles. The summed E-state index contributed by atoms with van der Waals surface area (Å²) >= 11 is 0. The van der Waals surface area contributed by atoms with Crippen molar-refractivity contribution in [3.8, 4) is 0 Å². The molecule has 0 spiro atoms. The predicted molar refractivity (Wildman–Crippen MR) is 130 cm³/mol. The summed E-state index contributed by atoms with van der Waals surface area (Å²) in [7, 11) is 0. The van der Waals surface area contributed by atoms with Gasteiger partial charge in [0.15, 0.2) is 0 Å². The van der Waals surface area contributed by atoms with E-state index in [1.807, 2.05) is 13.8 Å². The van der Waals surface area contributed by atoms with Gasteiger partial charge in [-0.15, -0.1) is 0 Å². The number of hydrogen-bond donors (Lipinski definition) is 3. The highest BCUT2D eigenvalue weighted by atomic mass is 16.5. The highest BCUT2D eigenvalue weighted by Gasteiger charge is 2.44. The van der Waals surface area contributed by atoms with Crippen molar-refractivity contribution in [3.05, 3.63) is 47.1 Å². The number of aliphatic hydroxyl groups is 3. The van der Waals surface area contributed by atoms with Gasteiger partial charge in [-0.25, -0.2) is 0 Å². The van der Waals surface area contributed by atoms with Gasteiger partial charge in [-0.05, 0) is 85.8 Å². The second-order valence-electron chi connectivity index (χ2n) is 10.4. The van der Waals surface area contributed by atoms with E-state index in [-0.39, 0.29) is 5.41 Å². The van der Waals surface area contributed by atoms with Crippen molar-refractivity contribution in [1.82, 2.24) is 0 Å². The average Bonchev–Trinajstić information content (AvgIpc) is 3.11. The minimum absolute atomic E-state index is 0.152. The molecule has 2 fully saturated rings. The largest absolute Gasteiger partial charge is 0.393 e. The molecule has 0 aromatic heterocycles. The molecule has 3 aliphatic rings. The van der Waals surface area contributed by atoms with Gasteiger partial charge < -0.3 is 20.1 Å². The van der Waals surface area contributed by atoms with Crippen molar-refractivity contribution in [2.75, 3.05) is 13.2 Å². The van der Waals surface area contributed by atoms with Crippen LogP contribution in [0.5, 0.6) is 0 Å². The van der Waals surface area contributed by atoms with Crippen molar-refractivity contribution in [2.24, 2.45) is 11.3 Å².